The molecule has 0 aromatic carbocycles. The maximum Gasteiger partial charge on any atom is 0.239 e. The molecule has 0 bridgehead atoms. The standard InChI is InChI=1S/C10H19N5O2/c1-2-8(10(11)17)14-9(16)6-4-3-5-7-13-15-12/h8H,2-7H2,1H3,(H2,11,17)(H,14,16)/t8-/m0/s1. The minimum absolute atomic E-state index is 0.167. The molecule has 0 rings (SSSR count). The van der Waals surface area contributed by atoms with E-state index >= 15 is 0 Å². The number of unbranched alkanes of at least 4 members (excludes halogenated alkanes) is 2. The van der Waals surface area contributed by atoms with E-state index in [9.17, 15) is 9.59 Å². The molecular formula is C10H19N5O2. The van der Waals surface area contributed by atoms with Gasteiger partial charge in [-0.2, -0.15) is 0 Å². The third-order valence-electron chi connectivity index (χ3n) is 2.31. The summed E-state index contributed by atoms with van der Waals surface area (Å²) in [6.07, 6.45) is 3.16. The molecule has 7 nitrogen and oxygen atoms in total. The van der Waals surface area contributed by atoms with Crippen LogP contribution in [0.2, 0.25) is 0 Å². The van der Waals surface area contributed by atoms with Crippen LogP contribution in [0.1, 0.15) is 39.0 Å². The van der Waals surface area contributed by atoms with Gasteiger partial charge >= 0.3 is 0 Å². The second-order valence-electron chi connectivity index (χ2n) is 3.70. The third kappa shape index (κ3) is 8.10. The zero-order valence-corrected chi connectivity index (χ0v) is 10.1. The number of carbonyl (C=O) groups is 2. The lowest BCUT2D eigenvalue weighted by Gasteiger charge is -2.12. The van der Waals surface area contributed by atoms with Crippen molar-refractivity contribution in [2.75, 3.05) is 6.54 Å². The predicted octanol–water partition coefficient (Wildman–Crippen LogP) is 1.24. The number of amides is 2. The van der Waals surface area contributed by atoms with E-state index in [2.05, 4.69) is 15.3 Å². The number of nitrogens with one attached hydrogen (secondary N) is 1. The van der Waals surface area contributed by atoms with E-state index in [-0.39, 0.29) is 5.91 Å². The number of nitrogens with two attached hydrogens (primary N) is 1. The Kier molecular flexibility index (Phi) is 8.50. The van der Waals surface area contributed by atoms with E-state index in [1.807, 2.05) is 0 Å². The average molecular weight is 241 g/mol. The predicted molar refractivity (Wildman–Crippen MR) is 63.9 cm³/mol. The first-order valence-electron chi connectivity index (χ1n) is 5.71. The lowest BCUT2D eigenvalue weighted by molar-refractivity contribution is -0.127. The van der Waals surface area contributed by atoms with E-state index in [0.29, 0.717) is 25.8 Å². The van der Waals surface area contributed by atoms with Crippen LogP contribution < -0.4 is 11.1 Å². The largest absolute Gasteiger partial charge is 0.368 e. The lowest BCUT2D eigenvalue weighted by Crippen LogP contribution is -2.43. The van der Waals surface area contributed by atoms with Crippen LogP contribution in [0, 0.1) is 0 Å². The number of hydrogen-bond donors (Lipinski definition) is 2. The molecule has 0 saturated carbocycles. The highest BCUT2D eigenvalue weighted by Crippen LogP contribution is 2.01. The number of hydrogen-bond acceptors (Lipinski definition) is 3. The average Bonchev–Trinajstić information content (AvgIpc) is 2.30. The molecule has 0 aliphatic heterocycles. The maximum absolute atomic E-state index is 11.4. The summed E-state index contributed by atoms with van der Waals surface area (Å²) in [4.78, 5) is 24.9. The first-order valence-corrected chi connectivity index (χ1v) is 5.71. The van der Waals surface area contributed by atoms with Crippen LogP contribution in [0.4, 0.5) is 0 Å². The van der Waals surface area contributed by atoms with Crippen molar-refractivity contribution in [2.45, 2.75) is 45.1 Å². The zero-order chi connectivity index (χ0) is 13.1. The van der Waals surface area contributed by atoms with Crippen LogP contribution >= 0.6 is 0 Å². The van der Waals surface area contributed by atoms with Gasteiger partial charge in [0.25, 0.3) is 0 Å². The van der Waals surface area contributed by atoms with Gasteiger partial charge in [0.1, 0.15) is 6.04 Å². The van der Waals surface area contributed by atoms with Crippen molar-refractivity contribution >= 4 is 11.8 Å². The molecule has 0 aliphatic carbocycles. The first-order chi connectivity index (χ1) is 8.11. The van der Waals surface area contributed by atoms with Gasteiger partial charge in [0.15, 0.2) is 0 Å². The molecule has 1 atom stereocenters. The molecule has 17 heavy (non-hydrogen) atoms. The molecular weight excluding hydrogens is 222 g/mol. The molecule has 0 aromatic heterocycles. The van der Waals surface area contributed by atoms with Crippen molar-refractivity contribution in [1.29, 1.82) is 0 Å². The Labute approximate surface area is 100 Å². The van der Waals surface area contributed by atoms with Crippen LogP contribution in [0.25, 0.3) is 10.4 Å². The summed E-state index contributed by atoms with van der Waals surface area (Å²) in [5.74, 6) is -0.677. The number of nitrogens with zero attached hydrogens (tertiary/aromatic N) is 3. The molecule has 0 aromatic rings. The highest BCUT2D eigenvalue weighted by Gasteiger charge is 2.14. The molecule has 0 fully saturated rings. The Balaban J connectivity index is 3.65. The summed E-state index contributed by atoms with van der Waals surface area (Å²) in [7, 11) is 0. The van der Waals surface area contributed by atoms with Crippen molar-refractivity contribution in [2.24, 2.45) is 10.8 Å². The van der Waals surface area contributed by atoms with Gasteiger partial charge in [-0.05, 0) is 24.8 Å². The molecule has 0 radical (unpaired) electrons. The van der Waals surface area contributed by atoms with Crippen molar-refractivity contribution in [1.82, 2.24) is 5.32 Å². The molecule has 2 amide bonds. The summed E-state index contributed by atoms with van der Waals surface area (Å²) in [5, 5.41) is 5.96. The number of azide groups is 1. The summed E-state index contributed by atoms with van der Waals surface area (Å²) in [6, 6.07) is -0.578. The lowest BCUT2D eigenvalue weighted by atomic mass is 10.1. The molecule has 7 heteroatoms. The molecule has 3 N–H and O–H groups in total. The van der Waals surface area contributed by atoms with Gasteiger partial charge in [-0.25, -0.2) is 0 Å². The van der Waals surface area contributed by atoms with E-state index in [0.717, 1.165) is 12.8 Å². The van der Waals surface area contributed by atoms with Gasteiger partial charge in [-0.15, -0.1) is 0 Å². The molecule has 0 aliphatic rings. The van der Waals surface area contributed by atoms with E-state index in [4.69, 9.17) is 11.3 Å². The molecule has 96 valence electrons. The van der Waals surface area contributed by atoms with Crippen LogP contribution in [-0.4, -0.2) is 24.4 Å². The minimum atomic E-state index is -0.578. The summed E-state index contributed by atoms with van der Waals surface area (Å²) in [6.45, 7) is 2.24. The number of rotatable bonds is 9. The second kappa shape index (κ2) is 9.47. The van der Waals surface area contributed by atoms with Crippen molar-refractivity contribution in [3.63, 3.8) is 0 Å². The SMILES string of the molecule is CC[C@H](NC(=O)CCCCCN=[N+]=[N-])C(N)=O. The Morgan fingerprint density at radius 2 is 2.12 bits per heavy atom. The Morgan fingerprint density at radius 1 is 1.41 bits per heavy atom. The van der Waals surface area contributed by atoms with Crippen LogP contribution in [-0.2, 0) is 9.59 Å². The summed E-state index contributed by atoms with van der Waals surface area (Å²) < 4.78 is 0. The highest BCUT2D eigenvalue weighted by molar-refractivity contribution is 5.86. The smallest absolute Gasteiger partial charge is 0.239 e. The Bertz CT molecular complexity index is 299. The monoisotopic (exact) mass is 241 g/mol. The fourth-order valence-electron chi connectivity index (χ4n) is 1.33. The van der Waals surface area contributed by atoms with Gasteiger partial charge in [0.2, 0.25) is 11.8 Å². The summed E-state index contributed by atoms with van der Waals surface area (Å²) >= 11 is 0. The second-order valence-corrected chi connectivity index (χ2v) is 3.70. The fourth-order valence-corrected chi connectivity index (χ4v) is 1.33. The fraction of sp³-hybridized carbons (Fsp3) is 0.800. The van der Waals surface area contributed by atoms with Gasteiger partial charge in [-0.1, -0.05) is 18.5 Å². The summed E-state index contributed by atoms with van der Waals surface area (Å²) in [5.41, 5.74) is 13.1. The van der Waals surface area contributed by atoms with Crippen molar-refractivity contribution in [3.8, 4) is 0 Å². The first kappa shape index (κ1) is 15.2. The van der Waals surface area contributed by atoms with Crippen molar-refractivity contribution in [3.05, 3.63) is 10.4 Å². The topological polar surface area (TPSA) is 121 Å². The van der Waals surface area contributed by atoms with E-state index in [1.54, 1.807) is 6.92 Å². The zero-order valence-electron chi connectivity index (χ0n) is 10.1. The number of primary amides is 1. The van der Waals surface area contributed by atoms with Gasteiger partial charge in [0.05, 0.1) is 0 Å². The Morgan fingerprint density at radius 3 is 2.65 bits per heavy atom. The van der Waals surface area contributed by atoms with Crippen molar-refractivity contribution < 1.29 is 9.59 Å². The molecule has 0 unspecified atom stereocenters. The molecule has 0 saturated heterocycles. The highest BCUT2D eigenvalue weighted by atomic mass is 16.2. The van der Waals surface area contributed by atoms with E-state index in [1.165, 1.54) is 0 Å². The Hall–Kier alpha value is -1.75. The molecule has 0 heterocycles. The van der Waals surface area contributed by atoms with Gasteiger partial charge in [0, 0.05) is 17.9 Å². The molecule has 0 spiro atoms. The number of carbonyl (C=O) groups excluding carboxylic acids is 2. The van der Waals surface area contributed by atoms with Gasteiger partial charge < -0.3 is 11.1 Å². The van der Waals surface area contributed by atoms with Gasteiger partial charge in [-0.3, -0.25) is 9.59 Å². The van der Waals surface area contributed by atoms with Crippen LogP contribution in [0.15, 0.2) is 5.11 Å². The van der Waals surface area contributed by atoms with Crippen LogP contribution in [0.3, 0.4) is 0 Å². The van der Waals surface area contributed by atoms with E-state index < -0.39 is 11.9 Å². The van der Waals surface area contributed by atoms with Crippen LogP contribution in [0.5, 0.6) is 0 Å². The maximum atomic E-state index is 11.4. The minimum Gasteiger partial charge on any atom is -0.368 e. The third-order valence-corrected chi connectivity index (χ3v) is 2.31. The quantitative estimate of drug-likeness (QED) is 0.273. The normalized spacial score (nSPS) is 11.4.